The fourth-order valence-corrected chi connectivity index (χ4v) is 0.825. The van der Waals surface area contributed by atoms with Gasteiger partial charge in [0.25, 0.3) is 0 Å². The van der Waals surface area contributed by atoms with E-state index in [0.29, 0.717) is 0 Å². The minimum absolute atomic E-state index is 0.872. The number of rotatable bonds is 1. The molecule has 0 aromatic heterocycles. The van der Waals surface area contributed by atoms with E-state index < -0.39 is 0 Å². The summed E-state index contributed by atoms with van der Waals surface area (Å²) < 4.78 is 3.77. The first-order valence-electron chi connectivity index (χ1n) is 1.96. The van der Waals surface area contributed by atoms with E-state index in [4.69, 9.17) is 0 Å². The summed E-state index contributed by atoms with van der Waals surface area (Å²) in [6, 6.07) is 0. The molecule has 0 spiro atoms. The van der Waals surface area contributed by atoms with Crippen molar-refractivity contribution in [3.8, 4) is 0 Å². The zero-order chi connectivity index (χ0) is 5.11. The zero-order valence-electron chi connectivity index (χ0n) is 4.01. The van der Waals surface area contributed by atoms with Gasteiger partial charge in [0.2, 0.25) is 0 Å². The molecule has 0 fully saturated rings. The summed E-state index contributed by atoms with van der Waals surface area (Å²) in [4.78, 5) is 0. The lowest BCUT2D eigenvalue weighted by Crippen LogP contribution is -2.30. The van der Waals surface area contributed by atoms with Crippen LogP contribution in [0.4, 0.5) is 0 Å². The van der Waals surface area contributed by atoms with E-state index in [0.717, 1.165) is 5.88 Å². The smallest absolute Gasteiger partial charge is 0.196 e. The highest BCUT2D eigenvalue weighted by molar-refractivity contribution is 7.98. The van der Waals surface area contributed by atoms with Gasteiger partial charge < -0.3 is 0 Å². The zero-order valence-corrected chi connectivity index (χ0v) is 4.83. The number of hydrogen-bond donors (Lipinski definition) is 1. The Hall–Kier alpha value is -0.220. The van der Waals surface area contributed by atoms with Crippen LogP contribution in [0.5, 0.6) is 0 Å². The molecule has 0 aromatic carbocycles. The summed E-state index contributed by atoms with van der Waals surface area (Å²) in [5.41, 5.74) is 2.87. The van der Waals surface area contributed by atoms with E-state index in [9.17, 15) is 0 Å². The second kappa shape index (κ2) is 2.18. The van der Waals surface area contributed by atoms with Crippen molar-refractivity contribution in [2.75, 3.05) is 12.9 Å². The van der Waals surface area contributed by atoms with Crippen molar-refractivity contribution in [3.63, 3.8) is 0 Å². The summed E-state index contributed by atoms with van der Waals surface area (Å²) in [5, 5.41) is 1.78. The van der Waals surface area contributed by atoms with E-state index >= 15 is 0 Å². The average Bonchev–Trinajstić information content (AvgIpc) is 2.14. The topological polar surface area (TPSA) is 27.6 Å². The van der Waals surface area contributed by atoms with Gasteiger partial charge in [-0.15, -0.1) is 0 Å². The molecule has 0 atom stereocenters. The van der Waals surface area contributed by atoms with Crippen molar-refractivity contribution in [3.05, 3.63) is 0 Å². The predicted octanol–water partition coefficient (Wildman–Crippen LogP) is -0.0526. The Morgan fingerprint density at radius 2 is 2.86 bits per heavy atom. The number of hydrazine groups is 1. The fraction of sp³-hybridized carbons (Fsp3) is 0.667. The van der Waals surface area contributed by atoms with E-state index in [1.54, 1.807) is 5.01 Å². The maximum absolute atomic E-state index is 3.77. The second-order valence-corrected chi connectivity index (χ2v) is 1.80. The molecule has 0 amide bonds. The van der Waals surface area contributed by atoms with Crippen molar-refractivity contribution < 1.29 is 0 Å². The van der Waals surface area contributed by atoms with Crippen molar-refractivity contribution in [1.29, 1.82) is 0 Å². The quantitative estimate of drug-likeness (QED) is 0.487. The molecule has 39 valence electrons. The van der Waals surface area contributed by atoms with Gasteiger partial charge in [0, 0.05) is 7.05 Å². The SMILES string of the molecule is CNN1[C]=NSC1. The molecule has 1 aliphatic heterocycles. The molecule has 3 nitrogen and oxygen atoms in total. The van der Waals surface area contributed by atoms with Gasteiger partial charge in [0.05, 0.1) is 0 Å². The lowest BCUT2D eigenvalue weighted by molar-refractivity contribution is 0.413. The van der Waals surface area contributed by atoms with Gasteiger partial charge in [-0.05, 0) is 11.9 Å². The number of hydrogen-bond acceptors (Lipinski definition) is 4. The Labute approximate surface area is 46.9 Å². The standard InChI is InChI=1S/C3H6N3S/c1-4-6-2-5-7-3-6/h4H,3H2,1H3. The molecule has 0 saturated carbocycles. The van der Waals surface area contributed by atoms with Crippen molar-refractivity contribution in [2.24, 2.45) is 4.40 Å². The molecule has 1 rings (SSSR count). The summed E-state index contributed by atoms with van der Waals surface area (Å²) in [6.07, 6.45) is 2.72. The van der Waals surface area contributed by atoms with Crippen LogP contribution in [0.2, 0.25) is 0 Å². The molecule has 4 heteroatoms. The molecule has 0 bridgehead atoms. The highest BCUT2D eigenvalue weighted by Gasteiger charge is 2.01. The highest BCUT2D eigenvalue weighted by Crippen LogP contribution is 2.07. The minimum atomic E-state index is 0.872. The molecule has 0 saturated heterocycles. The van der Waals surface area contributed by atoms with Crippen molar-refractivity contribution in [2.45, 2.75) is 0 Å². The monoisotopic (exact) mass is 116 g/mol. The molecule has 1 radical (unpaired) electrons. The molecule has 0 unspecified atom stereocenters. The third-order valence-electron chi connectivity index (χ3n) is 0.683. The lowest BCUT2D eigenvalue weighted by Gasteiger charge is -2.06. The summed E-state index contributed by atoms with van der Waals surface area (Å²) >= 11 is 1.48. The van der Waals surface area contributed by atoms with Gasteiger partial charge >= 0.3 is 0 Å². The van der Waals surface area contributed by atoms with Crippen LogP contribution < -0.4 is 5.43 Å². The molecule has 0 aromatic rings. The van der Waals surface area contributed by atoms with Gasteiger partial charge in [-0.1, -0.05) is 0 Å². The van der Waals surface area contributed by atoms with Gasteiger partial charge in [-0.3, -0.25) is 5.01 Å². The Kier molecular flexibility index (Phi) is 1.54. The third-order valence-corrected chi connectivity index (χ3v) is 1.27. The van der Waals surface area contributed by atoms with E-state index in [1.165, 1.54) is 11.9 Å². The summed E-state index contributed by atoms with van der Waals surface area (Å²) in [5.74, 6) is 0.872. The Bertz CT molecular complexity index is 82.2. The summed E-state index contributed by atoms with van der Waals surface area (Å²) in [6.45, 7) is 0. The van der Waals surface area contributed by atoms with Crippen LogP contribution in [0, 0.1) is 0 Å². The molecule has 1 heterocycles. The lowest BCUT2D eigenvalue weighted by atomic mass is 11.1. The number of nitrogens with zero attached hydrogens (tertiary/aromatic N) is 2. The van der Waals surface area contributed by atoms with Gasteiger partial charge in [-0.2, -0.15) is 4.40 Å². The maximum Gasteiger partial charge on any atom is 0.196 e. The van der Waals surface area contributed by atoms with Crippen molar-refractivity contribution in [1.82, 2.24) is 10.4 Å². The fourth-order valence-electron chi connectivity index (χ4n) is 0.308. The van der Waals surface area contributed by atoms with Crippen LogP contribution in [0.15, 0.2) is 4.40 Å². The first-order valence-corrected chi connectivity index (χ1v) is 2.90. The highest BCUT2D eigenvalue weighted by atomic mass is 32.2. The first kappa shape index (κ1) is 4.93. The molecule has 0 aliphatic carbocycles. The number of nitrogens with one attached hydrogen (secondary N) is 1. The first-order chi connectivity index (χ1) is 3.43. The third kappa shape index (κ3) is 1.07. The molecule has 1 aliphatic rings. The summed E-state index contributed by atoms with van der Waals surface area (Å²) in [7, 11) is 1.84. The van der Waals surface area contributed by atoms with Crippen LogP contribution in [-0.2, 0) is 0 Å². The van der Waals surface area contributed by atoms with Gasteiger partial charge in [0.1, 0.15) is 5.88 Å². The van der Waals surface area contributed by atoms with Crippen LogP contribution in [-0.4, -0.2) is 24.3 Å². The normalized spacial score (nSPS) is 18.7. The Morgan fingerprint density at radius 3 is 3.14 bits per heavy atom. The average molecular weight is 116 g/mol. The predicted molar refractivity (Wildman–Crippen MR) is 30.8 cm³/mol. The minimum Gasteiger partial charge on any atom is -0.277 e. The largest absolute Gasteiger partial charge is 0.277 e. The van der Waals surface area contributed by atoms with Gasteiger partial charge in [-0.25, -0.2) is 5.43 Å². The van der Waals surface area contributed by atoms with Crippen LogP contribution in [0.3, 0.4) is 0 Å². The maximum atomic E-state index is 3.77. The molecular weight excluding hydrogens is 110 g/mol. The van der Waals surface area contributed by atoms with Crippen LogP contribution in [0.25, 0.3) is 0 Å². The van der Waals surface area contributed by atoms with E-state index in [1.807, 2.05) is 7.05 Å². The molecular formula is C3H6N3S. The van der Waals surface area contributed by atoms with Gasteiger partial charge in [0.15, 0.2) is 6.34 Å². The molecule has 7 heavy (non-hydrogen) atoms. The Balaban J connectivity index is 2.28. The van der Waals surface area contributed by atoms with E-state index in [-0.39, 0.29) is 0 Å². The van der Waals surface area contributed by atoms with Crippen molar-refractivity contribution >= 4 is 18.3 Å². The van der Waals surface area contributed by atoms with Crippen LogP contribution >= 0.6 is 11.9 Å². The van der Waals surface area contributed by atoms with Crippen LogP contribution in [0.1, 0.15) is 0 Å². The van der Waals surface area contributed by atoms with E-state index in [2.05, 4.69) is 16.2 Å². The molecule has 1 N–H and O–H groups in total. The Morgan fingerprint density at radius 1 is 2.00 bits per heavy atom. The second-order valence-electron chi connectivity index (χ2n) is 1.10.